The summed E-state index contributed by atoms with van der Waals surface area (Å²) in [6.45, 7) is 3.35. The fraction of sp³-hybridized carbons (Fsp3) is 0.500. The monoisotopic (exact) mass is 320 g/mol. The van der Waals surface area contributed by atoms with Crippen LogP contribution in [0.25, 0.3) is 0 Å². The highest BCUT2D eigenvalue weighted by atomic mass is 79.9. The molecule has 3 nitrogen and oxygen atoms in total. The van der Waals surface area contributed by atoms with Crippen LogP contribution in [0.4, 0.5) is 0 Å². The van der Waals surface area contributed by atoms with E-state index in [0.29, 0.717) is 5.92 Å². The summed E-state index contributed by atoms with van der Waals surface area (Å²) in [4.78, 5) is 0. The highest BCUT2D eigenvalue weighted by Gasteiger charge is 2.23. The molecule has 0 spiro atoms. The first-order valence-corrected chi connectivity index (χ1v) is 6.39. The minimum atomic E-state index is -0.199. The van der Waals surface area contributed by atoms with E-state index in [1.807, 2.05) is 12.1 Å². The Morgan fingerprint density at radius 2 is 2.24 bits per heavy atom. The number of rotatable bonds is 4. The van der Waals surface area contributed by atoms with Crippen molar-refractivity contribution >= 4 is 28.3 Å². The van der Waals surface area contributed by atoms with Gasteiger partial charge in [0, 0.05) is 36.6 Å². The van der Waals surface area contributed by atoms with Crippen LogP contribution in [0.2, 0.25) is 0 Å². The minimum absolute atomic E-state index is 0. The van der Waals surface area contributed by atoms with Crippen molar-refractivity contribution in [2.45, 2.75) is 12.6 Å². The molecule has 1 saturated heterocycles. The van der Waals surface area contributed by atoms with Crippen molar-refractivity contribution in [2.24, 2.45) is 5.92 Å². The number of hydrogen-bond acceptors (Lipinski definition) is 3. The molecule has 0 aromatic heterocycles. The molecule has 0 bridgehead atoms. The molecule has 1 aromatic rings. The predicted molar refractivity (Wildman–Crippen MR) is 75.5 cm³/mol. The number of halogens is 2. The van der Waals surface area contributed by atoms with Crippen molar-refractivity contribution < 1.29 is 5.11 Å². The lowest BCUT2D eigenvalue weighted by Crippen LogP contribution is -2.30. The third-order valence-electron chi connectivity index (χ3n) is 2.93. The SMILES string of the molecule is Cl.OC1CNCC1CNCc1cccc(Br)c1. The molecular weight excluding hydrogens is 304 g/mol. The molecule has 1 aromatic carbocycles. The van der Waals surface area contributed by atoms with Gasteiger partial charge in [-0.3, -0.25) is 0 Å². The number of aliphatic hydroxyl groups is 1. The smallest absolute Gasteiger partial charge is 0.0716 e. The first-order valence-electron chi connectivity index (χ1n) is 5.59. The summed E-state index contributed by atoms with van der Waals surface area (Å²) in [5, 5.41) is 16.2. The molecule has 5 heteroatoms. The first kappa shape index (κ1) is 14.9. The molecule has 0 radical (unpaired) electrons. The van der Waals surface area contributed by atoms with Gasteiger partial charge in [-0.05, 0) is 17.7 Å². The van der Waals surface area contributed by atoms with E-state index in [1.54, 1.807) is 0 Å². The Labute approximate surface area is 117 Å². The Bertz CT molecular complexity index is 351. The number of aliphatic hydroxyl groups excluding tert-OH is 1. The van der Waals surface area contributed by atoms with Gasteiger partial charge in [0.15, 0.2) is 0 Å². The van der Waals surface area contributed by atoms with Gasteiger partial charge in [0.25, 0.3) is 0 Å². The third kappa shape index (κ3) is 4.56. The molecule has 1 heterocycles. The standard InChI is InChI=1S/C12H17BrN2O.ClH/c13-11-3-1-2-9(4-11)5-14-6-10-7-15-8-12(10)16;/h1-4,10,12,14-16H,5-8H2;1H. The molecule has 2 atom stereocenters. The summed E-state index contributed by atoms with van der Waals surface area (Å²) in [5.74, 6) is 0.340. The lowest BCUT2D eigenvalue weighted by molar-refractivity contribution is 0.146. The molecule has 1 aliphatic rings. The van der Waals surface area contributed by atoms with Crippen LogP contribution in [0.3, 0.4) is 0 Å². The summed E-state index contributed by atoms with van der Waals surface area (Å²) < 4.78 is 1.11. The molecular formula is C12H18BrClN2O. The van der Waals surface area contributed by atoms with Crippen LogP contribution < -0.4 is 10.6 Å². The summed E-state index contributed by atoms with van der Waals surface area (Å²) in [7, 11) is 0. The molecule has 2 rings (SSSR count). The molecule has 0 amide bonds. The Morgan fingerprint density at radius 3 is 2.88 bits per heavy atom. The zero-order chi connectivity index (χ0) is 11.4. The average Bonchev–Trinajstić information content (AvgIpc) is 2.65. The molecule has 0 saturated carbocycles. The van der Waals surface area contributed by atoms with Crippen LogP contribution in [-0.4, -0.2) is 30.8 Å². The Kier molecular flexibility index (Phi) is 6.44. The van der Waals surface area contributed by atoms with E-state index in [1.165, 1.54) is 5.56 Å². The highest BCUT2D eigenvalue weighted by molar-refractivity contribution is 9.10. The van der Waals surface area contributed by atoms with Gasteiger partial charge in [-0.1, -0.05) is 28.1 Å². The van der Waals surface area contributed by atoms with Crippen molar-refractivity contribution in [3.05, 3.63) is 34.3 Å². The Morgan fingerprint density at radius 1 is 1.41 bits per heavy atom. The van der Waals surface area contributed by atoms with Crippen LogP contribution in [-0.2, 0) is 6.54 Å². The van der Waals surface area contributed by atoms with E-state index in [9.17, 15) is 5.11 Å². The number of hydrogen-bond donors (Lipinski definition) is 3. The fourth-order valence-electron chi connectivity index (χ4n) is 1.98. The van der Waals surface area contributed by atoms with E-state index >= 15 is 0 Å². The molecule has 3 N–H and O–H groups in total. The van der Waals surface area contributed by atoms with Crippen LogP contribution in [0.5, 0.6) is 0 Å². The molecule has 0 aliphatic carbocycles. The predicted octanol–water partition coefficient (Wildman–Crippen LogP) is 1.54. The maximum Gasteiger partial charge on any atom is 0.0716 e. The van der Waals surface area contributed by atoms with Gasteiger partial charge in [-0.2, -0.15) is 0 Å². The largest absolute Gasteiger partial charge is 0.391 e. The van der Waals surface area contributed by atoms with Gasteiger partial charge >= 0.3 is 0 Å². The second kappa shape index (κ2) is 7.34. The molecule has 17 heavy (non-hydrogen) atoms. The lowest BCUT2D eigenvalue weighted by atomic mass is 10.1. The van der Waals surface area contributed by atoms with Crippen molar-refractivity contribution in [2.75, 3.05) is 19.6 Å². The van der Waals surface area contributed by atoms with E-state index in [4.69, 9.17) is 0 Å². The zero-order valence-corrected chi connectivity index (χ0v) is 11.9. The quantitative estimate of drug-likeness (QED) is 0.788. The van der Waals surface area contributed by atoms with Crippen LogP contribution in [0.15, 0.2) is 28.7 Å². The molecule has 96 valence electrons. The van der Waals surface area contributed by atoms with Crippen LogP contribution in [0, 0.1) is 5.92 Å². The van der Waals surface area contributed by atoms with Crippen LogP contribution in [0.1, 0.15) is 5.56 Å². The van der Waals surface area contributed by atoms with Gasteiger partial charge in [-0.25, -0.2) is 0 Å². The topological polar surface area (TPSA) is 44.3 Å². The van der Waals surface area contributed by atoms with Gasteiger partial charge in [0.05, 0.1) is 6.10 Å². The van der Waals surface area contributed by atoms with Crippen molar-refractivity contribution in [3.63, 3.8) is 0 Å². The Balaban J connectivity index is 0.00000144. The number of β-amino-alcohol motifs (C(OH)–C–C–N with tert-alkyl or cyclic N) is 1. The van der Waals surface area contributed by atoms with Gasteiger partial charge in [0.1, 0.15) is 0 Å². The Hall–Kier alpha value is -0.130. The van der Waals surface area contributed by atoms with Crippen molar-refractivity contribution in [3.8, 4) is 0 Å². The highest BCUT2D eigenvalue weighted by Crippen LogP contribution is 2.12. The molecule has 2 unspecified atom stereocenters. The van der Waals surface area contributed by atoms with E-state index < -0.39 is 0 Å². The maximum atomic E-state index is 9.62. The number of nitrogens with one attached hydrogen (secondary N) is 2. The van der Waals surface area contributed by atoms with Crippen molar-refractivity contribution in [1.82, 2.24) is 10.6 Å². The normalized spacial score (nSPS) is 23.4. The third-order valence-corrected chi connectivity index (χ3v) is 3.42. The fourth-order valence-corrected chi connectivity index (χ4v) is 2.42. The van der Waals surface area contributed by atoms with Crippen molar-refractivity contribution in [1.29, 1.82) is 0 Å². The first-order chi connectivity index (χ1) is 7.75. The van der Waals surface area contributed by atoms with E-state index in [-0.39, 0.29) is 18.5 Å². The summed E-state index contributed by atoms with van der Waals surface area (Å²) >= 11 is 3.45. The second-order valence-electron chi connectivity index (χ2n) is 4.25. The summed E-state index contributed by atoms with van der Waals surface area (Å²) in [6, 6.07) is 8.26. The van der Waals surface area contributed by atoms with Gasteiger partial charge in [-0.15, -0.1) is 12.4 Å². The van der Waals surface area contributed by atoms with Gasteiger partial charge in [0.2, 0.25) is 0 Å². The lowest BCUT2D eigenvalue weighted by Gasteiger charge is -2.14. The molecule has 1 aliphatic heterocycles. The maximum absolute atomic E-state index is 9.62. The van der Waals surface area contributed by atoms with E-state index in [2.05, 4.69) is 38.7 Å². The summed E-state index contributed by atoms with van der Waals surface area (Å²) in [6.07, 6.45) is -0.199. The number of benzene rings is 1. The van der Waals surface area contributed by atoms with Gasteiger partial charge < -0.3 is 15.7 Å². The zero-order valence-electron chi connectivity index (χ0n) is 9.53. The van der Waals surface area contributed by atoms with Crippen LogP contribution >= 0.6 is 28.3 Å². The second-order valence-corrected chi connectivity index (χ2v) is 5.16. The minimum Gasteiger partial charge on any atom is -0.391 e. The van der Waals surface area contributed by atoms with E-state index in [0.717, 1.165) is 30.7 Å². The average molecular weight is 322 g/mol. The molecule has 1 fully saturated rings. The summed E-state index contributed by atoms with van der Waals surface area (Å²) in [5.41, 5.74) is 1.26.